The van der Waals surface area contributed by atoms with Crippen molar-refractivity contribution < 1.29 is 9.21 Å². The molecule has 0 spiro atoms. The summed E-state index contributed by atoms with van der Waals surface area (Å²) in [5, 5.41) is 12.7. The van der Waals surface area contributed by atoms with Crippen LogP contribution in [0.4, 0.5) is 6.01 Å². The Labute approximate surface area is 160 Å². The Morgan fingerprint density at radius 3 is 2.19 bits per heavy atom. The highest BCUT2D eigenvalue weighted by Crippen LogP contribution is 2.26. The number of aromatic nitrogens is 2. The van der Waals surface area contributed by atoms with Gasteiger partial charge in [0, 0.05) is 4.88 Å². The van der Waals surface area contributed by atoms with E-state index >= 15 is 0 Å². The average molecular weight is 375 g/mol. The van der Waals surface area contributed by atoms with Crippen molar-refractivity contribution in [2.75, 3.05) is 5.32 Å². The van der Waals surface area contributed by atoms with Crippen LogP contribution in [0.1, 0.15) is 27.8 Å². The van der Waals surface area contributed by atoms with E-state index in [4.69, 9.17) is 4.42 Å². The summed E-state index contributed by atoms with van der Waals surface area (Å²) in [7, 11) is 0. The summed E-state index contributed by atoms with van der Waals surface area (Å²) in [6.07, 6.45) is 0.557. The summed E-state index contributed by atoms with van der Waals surface area (Å²) in [5.41, 5.74) is 1.80. The van der Waals surface area contributed by atoms with Crippen molar-refractivity contribution in [3.05, 3.63) is 100 Å². The van der Waals surface area contributed by atoms with Crippen LogP contribution in [0, 0.1) is 0 Å². The third kappa shape index (κ3) is 4.12. The van der Waals surface area contributed by atoms with Crippen LogP contribution in [0.2, 0.25) is 0 Å². The van der Waals surface area contributed by atoms with Gasteiger partial charge in [0.25, 0.3) is 0 Å². The lowest BCUT2D eigenvalue weighted by Gasteiger charge is -2.16. The molecule has 2 heterocycles. The number of anilines is 1. The van der Waals surface area contributed by atoms with Gasteiger partial charge < -0.3 is 4.42 Å². The molecule has 0 fully saturated rings. The standard InChI is InChI=1S/C21H17N3O2S/c25-20(22-21-24-23-18(26-21)14-17-12-7-13-27-17)19(15-8-3-1-4-9-15)16-10-5-2-6-11-16/h1-13,19H,14H2,(H,22,24,25). The number of carbonyl (C=O) groups excluding carboxylic acids is 1. The van der Waals surface area contributed by atoms with E-state index in [2.05, 4.69) is 15.5 Å². The molecule has 0 aliphatic rings. The molecule has 0 bridgehead atoms. The van der Waals surface area contributed by atoms with Crippen LogP contribution in [0.3, 0.4) is 0 Å². The molecule has 0 radical (unpaired) electrons. The van der Waals surface area contributed by atoms with Crippen LogP contribution in [0.15, 0.2) is 82.6 Å². The first-order valence-electron chi connectivity index (χ1n) is 8.55. The van der Waals surface area contributed by atoms with E-state index in [0.29, 0.717) is 12.3 Å². The van der Waals surface area contributed by atoms with Crippen LogP contribution in [-0.4, -0.2) is 16.1 Å². The lowest BCUT2D eigenvalue weighted by Crippen LogP contribution is -2.22. The number of thiophene rings is 1. The van der Waals surface area contributed by atoms with Crippen molar-refractivity contribution in [2.45, 2.75) is 12.3 Å². The zero-order valence-corrected chi connectivity index (χ0v) is 15.2. The Kier molecular flexibility index (Phi) is 5.07. The predicted molar refractivity (Wildman–Crippen MR) is 105 cm³/mol. The number of hydrogen-bond acceptors (Lipinski definition) is 5. The van der Waals surface area contributed by atoms with Gasteiger partial charge in [0.2, 0.25) is 11.8 Å². The van der Waals surface area contributed by atoms with Gasteiger partial charge in [-0.2, -0.15) is 0 Å². The van der Waals surface area contributed by atoms with E-state index in [-0.39, 0.29) is 11.9 Å². The van der Waals surface area contributed by atoms with Gasteiger partial charge in [-0.3, -0.25) is 10.1 Å². The van der Waals surface area contributed by atoms with Gasteiger partial charge >= 0.3 is 6.01 Å². The van der Waals surface area contributed by atoms with E-state index in [0.717, 1.165) is 16.0 Å². The maximum atomic E-state index is 13.0. The molecular formula is C21H17N3O2S. The fourth-order valence-electron chi connectivity index (χ4n) is 2.90. The maximum absolute atomic E-state index is 13.0. The van der Waals surface area contributed by atoms with Crippen molar-refractivity contribution in [3.8, 4) is 0 Å². The molecule has 5 nitrogen and oxygen atoms in total. The third-order valence-electron chi connectivity index (χ3n) is 4.13. The first-order chi connectivity index (χ1) is 13.3. The first kappa shape index (κ1) is 17.2. The summed E-state index contributed by atoms with van der Waals surface area (Å²) >= 11 is 1.63. The number of hydrogen-bond donors (Lipinski definition) is 1. The zero-order valence-electron chi connectivity index (χ0n) is 14.4. The fraction of sp³-hybridized carbons (Fsp3) is 0.0952. The van der Waals surface area contributed by atoms with Gasteiger partial charge in [-0.05, 0) is 22.6 Å². The number of amides is 1. The Balaban J connectivity index is 1.55. The molecule has 0 unspecified atom stereocenters. The molecule has 0 atom stereocenters. The van der Waals surface area contributed by atoms with Crippen molar-refractivity contribution in [1.82, 2.24) is 10.2 Å². The van der Waals surface area contributed by atoms with E-state index in [1.54, 1.807) is 11.3 Å². The molecule has 0 saturated carbocycles. The largest absolute Gasteiger partial charge is 0.407 e. The zero-order chi connectivity index (χ0) is 18.5. The Bertz CT molecular complexity index is 959. The predicted octanol–water partition coefficient (Wildman–Crippen LogP) is 4.49. The van der Waals surface area contributed by atoms with E-state index < -0.39 is 5.92 Å². The fourth-order valence-corrected chi connectivity index (χ4v) is 3.60. The normalized spacial score (nSPS) is 10.9. The number of benzene rings is 2. The minimum atomic E-state index is -0.458. The summed E-state index contributed by atoms with van der Waals surface area (Å²) in [4.78, 5) is 14.1. The first-order valence-corrected chi connectivity index (χ1v) is 9.43. The maximum Gasteiger partial charge on any atom is 0.322 e. The van der Waals surface area contributed by atoms with Crippen molar-refractivity contribution >= 4 is 23.3 Å². The molecule has 4 rings (SSSR count). The minimum absolute atomic E-state index is 0.114. The Morgan fingerprint density at radius 1 is 0.926 bits per heavy atom. The lowest BCUT2D eigenvalue weighted by molar-refractivity contribution is -0.116. The second kappa shape index (κ2) is 7.97. The second-order valence-electron chi connectivity index (χ2n) is 6.00. The van der Waals surface area contributed by atoms with Gasteiger partial charge in [-0.15, -0.1) is 16.4 Å². The quantitative estimate of drug-likeness (QED) is 0.539. The van der Waals surface area contributed by atoms with Gasteiger partial charge in [0.1, 0.15) is 0 Å². The molecule has 1 N–H and O–H groups in total. The monoisotopic (exact) mass is 375 g/mol. The highest BCUT2D eigenvalue weighted by Gasteiger charge is 2.24. The third-order valence-corrected chi connectivity index (χ3v) is 5.01. The van der Waals surface area contributed by atoms with E-state index in [9.17, 15) is 4.79 Å². The SMILES string of the molecule is O=C(Nc1nnc(Cc2cccs2)o1)C(c1ccccc1)c1ccccc1. The highest BCUT2D eigenvalue weighted by molar-refractivity contribution is 7.09. The second-order valence-corrected chi connectivity index (χ2v) is 7.03. The molecule has 0 aliphatic heterocycles. The minimum Gasteiger partial charge on any atom is -0.407 e. The average Bonchev–Trinajstić information content (AvgIpc) is 3.36. The number of carbonyl (C=O) groups is 1. The summed E-state index contributed by atoms with van der Waals surface area (Å²) < 4.78 is 5.60. The molecule has 0 saturated heterocycles. The lowest BCUT2D eigenvalue weighted by atomic mass is 9.90. The van der Waals surface area contributed by atoms with Gasteiger partial charge in [0.15, 0.2) is 0 Å². The topological polar surface area (TPSA) is 68.0 Å². The van der Waals surface area contributed by atoms with Crippen LogP contribution < -0.4 is 5.32 Å². The number of nitrogens with one attached hydrogen (secondary N) is 1. The summed E-state index contributed by atoms with van der Waals surface area (Å²) in [6, 6.07) is 23.4. The van der Waals surface area contributed by atoms with Gasteiger partial charge in [-0.25, -0.2) is 0 Å². The molecule has 27 heavy (non-hydrogen) atoms. The van der Waals surface area contributed by atoms with Crippen LogP contribution in [0.5, 0.6) is 0 Å². The Hall–Kier alpha value is -3.25. The molecule has 1 amide bonds. The highest BCUT2D eigenvalue weighted by atomic mass is 32.1. The summed E-state index contributed by atoms with van der Waals surface area (Å²) in [6.45, 7) is 0. The molecule has 2 aromatic carbocycles. The van der Waals surface area contributed by atoms with Crippen LogP contribution in [-0.2, 0) is 11.2 Å². The number of rotatable bonds is 6. The number of nitrogens with zero attached hydrogens (tertiary/aromatic N) is 2. The smallest absolute Gasteiger partial charge is 0.322 e. The van der Waals surface area contributed by atoms with Crippen LogP contribution in [0.25, 0.3) is 0 Å². The molecule has 2 aromatic heterocycles. The summed E-state index contributed by atoms with van der Waals surface area (Å²) in [5.74, 6) is -0.192. The Morgan fingerprint density at radius 2 is 1.59 bits per heavy atom. The molecule has 4 aromatic rings. The van der Waals surface area contributed by atoms with Crippen molar-refractivity contribution in [2.24, 2.45) is 0 Å². The van der Waals surface area contributed by atoms with E-state index in [1.165, 1.54) is 0 Å². The molecule has 0 aliphatic carbocycles. The van der Waals surface area contributed by atoms with Gasteiger partial charge in [0.05, 0.1) is 12.3 Å². The molecule has 6 heteroatoms. The van der Waals surface area contributed by atoms with Crippen molar-refractivity contribution in [1.29, 1.82) is 0 Å². The molecular weight excluding hydrogens is 358 g/mol. The van der Waals surface area contributed by atoms with Crippen molar-refractivity contribution in [3.63, 3.8) is 0 Å². The molecule has 134 valence electrons. The van der Waals surface area contributed by atoms with Crippen LogP contribution >= 0.6 is 11.3 Å². The van der Waals surface area contributed by atoms with Gasteiger partial charge in [-0.1, -0.05) is 71.8 Å². The van der Waals surface area contributed by atoms with E-state index in [1.807, 2.05) is 78.2 Å².